The van der Waals surface area contributed by atoms with Crippen LogP contribution in [0, 0.1) is 0 Å². The number of methoxy groups -OCH3 is 2. The van der Waals surface area contributed by atoms with Gasteiger partial charge in [0, 0.05) is 21.8 Å². The molecule has 0 aliphatic rings. The van der Waals surface area contributed by atoms with Crippen molar-refractivity contribution in [2.24, 2.45) is 0 Å². The molecule has 4 aromatic carbocycles. The standard InChI is InChI=1S/C33H27ClN2O5/c1-40-30-19-11-23(21-31(30)41-2)10-18-29(37)24-12-16-27(17-13-24)35-33(39)28(20-22-8-14-26(34)15-9-22)36-32(38)25-6-4-3-5-7-25/h3-21H,1-2H3,(H,35,39)(H,36,38)/b18-10+,28-20-. The van der Waals surface area contributed by atoms with Gasteiger partial charge >= 0.3 is 0 Å². The Balaban J connectivity index is 1.47. The van der Waals surface area contributed by atoms with Gasteiger partial charge in [0.05, 0.1) is 14.2 Å². The average molecular weight is 567 g/mol. The second-order valence-electron chi connectivity index (χ2n) is 8.77. The average Bonchev–Trinajstić information content (AvgIpc) is 3.01. The number of hydrogen-bond donors (Lipinski definition) is 2. The fraction of sp³-hybridized carbons (Fsp3) is 0.0606. The Morgan fingerprint density at radius 2 is 1.39 bits per heavy atom. The molecule has 2 amide bonds. The van der Waals surface area contributed by atoms with Gasteiger partial charge in [0.15, 0.2) is 17.3 Å². The summed E-state index contributed by atoms with van der Waals surface area (Å²) in [5.41, 5.74) is 2.79. The van der Waals surface area contributed by atoms with Crippen LogP contribution in [0.5, 0.6) is 11.5 Å². The second kappa shape index (κ2) is 13.8. The molecule has 206 valence electrons. The van der Waals surface area contributed by atoms with Gasteiger partial charge in [-0.05, 0) is 83.9 Å². The maximum absolute atomic E-state index is 13.2. The molecular weight excluding hydrogens is 540 g/mol. The summed E-state index contributed by atoms with van der Waals surface area (Å²) in [5, 5.41) is 6.02. The van der Waals surface area contributed by atoms with Gasteiger partial charge in [-0.3, -0.25) is 14.4 Å². The van der Waals surface area contributed by atoms with Crippen molar-refractivity contribution < 1.29 is 23.9 Å². The van der Waals surface area contributed by atoms with Crippen LogP contribution in [-0.4, -0.2) is 31.8 Å². The summed E-state index contributed by atoms with van der Waals surface area (Å²) >= 11 is 5.98. The number of halogens is 1. The number of benzene rings is 4. The maximum atomic E-state index is 13.2. The molecule has 4 aromatic rings. The number of ketones is 1. The van der Waals surface area contributed by atoms with E-state index < -0.39 is 11.8 Å². The largest absolute Gasteiger partial charge is 0.493 e. The zero-order chi connectivity index (χ0) is 29.2. The first kappa shape index (κ1) is 28.9. The number of carbonyl (C=O) groups is 3. The minimum Gasteiger partial charge on any atom is -0.493 e. The van der Waals surface area contributed by atoms with E-state index in [2.05, 4.69) is 10.6 Å². The van der Waals surface area contributed by atoms with Crippen LogP contribution in [0.4, 0.5) is 5.69 Å². The summed E-state index contributed by atoms with van der Waals surface area (Å²) < 4.78 is 10.5. The van der Waals surface area contributed by atoms with Crippen molar-refractivity contribution in [1.82, 2.24) is 5.32 Å². The number of anilines is 1. The highest BCUT2D eigenvalue weighted by Gasteiger charge is 2.15. The summed E-state index contributed by atoms with van der Waals surface area (Å²) in [6, 6.07) is 27.3. The molecule has 0 radical (unpaired) electrons. The van der Waals surface area contributed by atoms with E-state index in [0.29, 0.717) is 38.9 Å². The minimum absolute atomic E-state index is 0.0409. The van der Waals surface area contributed by atoms with Crippen LogP contribution in [0.25, 0.3) is 12.2 Å². The predicted octanol–water partition coefficient (Wildman–Crippen LogP) is 6.66. The van der Waals surface area contributed by atoms with Crippen LogP contribution in [0.15, 0.2) is 109 Å². The molecule has 8 heteroatoms. The molecule has 41 heavy (non-hydrogen) atoms. The lowest BCUT2D eigenvalue weighted by Crippen LogP contribution is -2.30. The van der Waals surface area contributed by atoms with Crippen LogP contribution in [0.1, 0.15) is 31.8 Å². The molecular formula is C33H27ClN2O5. The lowest BCUT2D eigenvalue weighted by atomic mass is 10.1. The summed E-state index contributed by atoms with van der Waals surface area (Å²) in [6.07, 6.45) is 4.70. The molecule has 2 N–H and O–H groups in total. The van der Waals surface area contributed by atoms with E-state index in [1.54, 1.807) is 117 Å². The van der Waals surface area contributed by atoms with Crippen molar-refractivity contribution in [3.8, 4) is 11.5 Å². The fourth-order valence-corrected chi connectivity index (χ4v) is 3.93. The van der Waals surface area contributed by atoms with E-state index in [9.17, 15) is 14.4 Å². The quantitative estimate of drug-likeness (QED) is 0.165. The molecule has 0 bridgehead atoms. The molecule has 0 fully saturated rings. The molecule has 0 saturated heterocycles. The Kier molecular flexibility index (Phi) is 9.70. The molecule has 0 heterocycles. The van der Waals surface area contributed by atoms with Gasteiger partial charge in [-0.25, -0.2) is 0 Å². The van der Waals surface area contributed by atoms with Crippen LogP contribution < -0.4 is 20.1 Å². The van der Waals surface area contributed by atoms with Crippen molar-refractivity contribution in [2.45, 2.75) is 0 Å². The van der Waals surface area contributed by atoms with E-state index in [1.807, 2.05) is 6.07 Å². The third-order valence-electron chi connectivity index (χ3n) is 5.97. The van der Waals surface area contributed by atoms with Gasteiger partial charge in [-0.1, -0.05) is 54.1 Å². The Morgan fingerprint density at radius 3 is 2.05 bits per heavy atom. The van der Waals surface area contributed by atoms with Crippen LogP contribution in [-0.2, 0) is 4.79 Å². The van der Waals surface area contributed by atoms with E-state index in [1.165, 1.54) is 6.08 Å². The van der Waals surface area contributed by atoms with E-state index in [-0.39, 0.29) is 11.5 Å². The molecule has 0 atom stereocenters. The smallest absolute Gasteiger partial charge is 0.272 e. The zero-order valence-corrected chi connectivity index (χ0v) is 23.1. The van der Waals surface area contributed by atoms with Gasteiger partial charge in [-0.2, -0.15) is 0 Å². The Labute approximate surface area is 243 Å². The van der Waals surface area contributed by atoms with Crippen LogP contribution in [0.2, 0.25) is 5.02 Å². The van der Waals surface area contributed by atoms with Crippen LogP contribution in [0.3, 0.4) is 0 Å². The van der Waals surface area contributed by atoms with Crippen molar-refractivity contribution in [3.05, 3.63) is 136 Å². The van der Waals surface area contributed by atoms with Crippen molar-refractivity contribution in [2.75, 3.05) is 19.5 Å². The monoisotopic (exact) mass is 566 g/mol. The van der Waals surface area contributed by atoms with E-state index in [0.717, 1.165) is 5.56 Å². The molecule has 0 unspecified atom stereocenters. The third kappa shape index (κ3) is 7.94. The topological polar surface area (TPSA) is 93.7 Å². The highest BCUT2D eigenvalue weighted by molar-refractivity contribution is 6.30. The maximum Gasteiger partial charge on any atom is 0.272 e. The number of hydrogen-bond acceptors (Lipinski definition) is 5. The molecule has 0 spiro atoms. The highest BCUT2D eigenvalue weighted by atomic mass is 35.5. The van der Waals surface area contributed by atoms with E-state index >= 15 is 0 Å². The minimum atomic E-state index is -0.531. The van der Waals surface area contributed by atoms with Gasteiger partial charge < -0.3 is 20.1 Å². The highest BCUT2D eigenvalue weighted by Crippen LogP contribution is 2.28. The number of carbonyl (C=O) groups excluding carboxylic acids is 3. The Morgan fingerprint density at radius 1 is 0.732 bits per heavy atom. The first-order chi connectivity index (χ1) is 19.9. The first-order valence-electron chi connectivity index (χ1n) is 12.6. The summed E-state index contributed by atoms with van der Waals surface area (Å²) in [6.45, 7) is 0. The number of allylic oxidation sites excluding steroid dienone is 1. The van der Waals surface area contributed by atoms with Crippen LogP contribution >= 0.6 is 11.6 Å². The molecule has 7 nitrogen and oxygen atoms in total. The summed E-state index contributed by atoms with van der Waals surface area (Å²) in [4.78, 5) is 38.7. The van der Waals surface area contributed by atoms with Gasteiger partial charge in [-0.15, -0.1) is 0 Å². The number of nitrogens with one attached hydrogen (secondary N) is 2. The Bertz CT molecular complexity index is 1600. The van der Waals surface area contributed by atoms with Gasteiger partial charge in [0.1, 0.15) is 5.70 Å². The predicted molar refractivity (Wildman–Crippen MR) is 161 cm³/mol. The summed E-state index contributed by atoms with van der Waals surface area (Å²) in [5.74, 6) is -0.0120. The number of ether oxygens (including phenoxy) is 2. The molecule has 4 rings (SSSR count). The number of amides is 2. The molecule has 0 aliphatic heterocycles. The lowest BCUT2D eigenvalue weighted by molar-refractivity contribution is -0.113. The van der Waals surface area contributed by atoms with Crippen molar-refractivity contribution in [1.29, 1.82) is 0 Å². The van der Waals surface area contributed by atoms with E-state index in [4.69, 9.17) is 21.1 Å². The SMILES string of the molecule is COc1ccc(/C=C/C(=O)c2ccc(NC(=O)/C(=C/c3ccc(Cl)cc3)NC(=O)c3ccccc3)cc2)cc1OC. The first-order valence-corrected chi connectivity index (χ1v) is 12.9. The zero-order valence-electron chi connectivity index (χ0n) is 22.4. The third-order valence-corrected chi connectivity index (χ3v) is 6.22. The Hall–Kier alpha value is -5.14. The molecule has 0 aromatic heterocycles. The molecule has 0 aliphatic carbocycles. The van der Waals surface area contributed by atoms with Gasteiger partial charge in [0.25, 0.3) is 11.8 Å². The lowest BCUT2D eigenvalue weighted by Gasteiger charge is -2.12. The molecule has 0 saturated carbocycles. The second-order valence-corrected chi connectivity index (χ2v) is 9.21. The van der Waals surface area contributed by atoms with Gasteiger partial charge in [0.2, 0.25) is 0 Å². The van der Waals surface area contributed by atoms with Crippen molar-refractivity contribution >= 4 is 47.0 Å². The summed E-state index contributed by atoms with van der Waals surface area (Å²) in [7, 11) is 3.10. The fourth-order valence-electron chi connectivity index (χ4n) is 3.81. The normalized spacial score (nSPS) is 11.1. The number of rotatable bonds is 10. The van der Waals surface area contributed by atoms with Crippen molar-refractivity contribution in [3.63, 3.8) is 0 Å².